The molecule has 1 aliphatic heterocycles. The minimum absolute atomic E-state index is 0.254. The summed E-state index contributed by atoms with van der Waals surface area (Å²) in [4.78, 5) is 18.8. The zero-order valence-corrected chi connectivity index (χ0v) is 9.56. The van der Waals surface area contributed by atoms with Crippen LogP contribution in [0.4, 0.5) is 4.79 Å². The van der Waals surface area contributed by atoms with Gasteiger partial charge in [-0.1, -0.05) is 0 Å². The summed E-state index contributed by atoms with van der Waals surface area (Å²) < 4.78 is 1.46. The molecule has 1 fully saturated rings. The summed E-state index contributed by atoms with van der Waals surface area (Å²) in [6, 6.07) is 3.82. The Morgan fingerprint density at radius 3 is 2.81 bits per heavy atom. The molecule has 0 saturated carbocycles. The van der Waals surface area contributed by atoms with E-state index in [4.69, 9.17) is 4.84 Å². The van der Waals surface area contributed by atoms with Gasteiger partial charge in [-0.2, -0.15) is 4.84 Å². The van der Waals surface area contributed by atoms with Gasteiger partial charge in [0, 0.05) is 29.4 Å². The Kier molecular flexibility index (Phi) is 3.39. The van der Waals surface area contributed by atoms with Crippen molar-refractivity contribution in [3.8, 4) is 0 Å². The van der Waals surface area contributed by atoms with Crippen molar-refractivity contribution in [1.82, 2.24) is 4.90 Å². The van der Waals surface area contributed by atoms with Gasteiger partial charge in [-0.15, -0.1) is 0 Å². The smallest absolute Gasteiger partial charge is 0.303 e. The van der Waals surface area contributed by atoms with Crippen molar-refractivity contribution in [3.63, 3.8) is 0 Å². The van der Waals surface area contributed by atoms with E-state index in [9.17, 15) is 4.79 Å². The minimum atomic E-state index is -0.254. The number of likely N-dealkylation sites (tertiary alicyclic amines) is 1. The van der Waals surface area contributed by atoms with Crippen LogP contribution in [0.2, 0.25) is 0 Å². The summed E-state index contributed by atoms with van der Waals surface area (Å²) in [6.07, 6.45) is 6.63. The summed E-state index contributed by atoms with van der Waals surface area (Å²) in [5.74, 6) is 0. The highest BCUT2D eigenvalue weighted by Gasteiger charge is 2.21. The van der Waals surface area contributed by atoms with Crippen LogP contribution in [0.25, 0.3) is 0 Å². The largest absolute Gasteiger partial charge is 0.478 e. The number of carbonyl (C=O) groups is 1. The molecule has 0 aromatic carbocycles. The minimum Gasteiger partial charge on any atom is -0.303 e. The average molecular weight is 221 g/mol. The third-order valence-electron chi connectivity index (χ3n) is 2.72. The summed E-state index contributed by atoms with van der Waals surface area (Å²) in [5.41, 5.74) is 1.06. The third kappa shape index (κ3) is 2.72. The topological polar surface area (TPSA) is 33.4 Å². The van der Waals surface area contributed by atoms with Crippen molar-refractivity contribution in [2.24, 2.45) is 0 Å². The molecule has 1 aromatic rings. The number of rotatable bonds is 1. The molecule has 1 aliphatic rings. The monoisotopic (exact) mass is 221 g/mol. The van der Waals surface area contributed by atoms with Gasteiger partial charge in [-0.25, -0.2) is 4.79 Å². The number of carbonyl (C=O) groups excluding carboxylic acids is 1. The molecule has 4 nitrogen and oxygen atoms in total. The molecule has 0 spiro atoms. The van der Waals surface area contributed by atoms with Crippen LogP contribution in [0.1, 0.15) is 24.8 Å². The van der Waals surface area contributed by atoms with E-state index >= 15 is 0 Å². The molecule has 1 saturated heterocycles. The third-order valence-corrected chi connectivity index (χ3v) is 2.72. The highest BCUT2D eigenvalue weighted by molar-refractivity contribution is 5.67. The fraction of sp³-hybridized carbons (Fsp3) is 0.500. The first-order chi connectivity index (χ1) is 7.75. The summed E-state index contributed by atoms with van der Waals surface area (Å²) in [7, 11) is 0. The summed E-state index contributed by atoms with van der Waals surface area (Å²) in [5, 5.41) is 0. The molecular weight excluding hydrogens is 204 g/mol. The normalized spacial score (nSPS) is 15.9. The molecule has 0 atom stereocenters. The lowest BCUT2D eigenvalue weighted by atomic mass is 10.1. The van der Waals surface area contributed by atoms with Gasteiger partial charge in [0.2, 0.25) is 12.4 Å². The molecule has 0 unspecified atom stereocenters. The number of hydrogen-bond acceptors (Lipinski definition) is 2. The molecule has 1 aromatic heterocycles. The van der Waals surface area contributed by atoms with E-state index in [-0.39, 0.29) is 6.09 Å². The lowest BCUT2D eigenvalue weighted by Crippen LogP contribution is -2.51. The van der Waals surface area contributed by atoms with E-state index in [2.05, 4.69) is 0 Å². The van der Waals surface area contributed by atoms with Crippen LogP contribution < -0.4 is 9.57 Å². The first kappa shape index (κ1) is 10.9. The van der Waals surface area contributed by atoms with E-state index < -0.39 is 0 Å². The molecule has 16 heavy (non-hydrogen) atoms. The van der Waals surface area contributed by atoms with E-state index in [0.29, 0.717) is 0 Å². The molecule has 2 rings (SSSR count). The van der Waals surface area contributed by atoms with Crippen LogP contribution in [0, 0.1) is 6.92 Å². The van der Waals surface area contributed by atoms with Crippen LogP contribution in [0.15, 0.2) is 24.5 Å². The maximum atomic E-state index is 11.8. The Hall–Kier alpha value is -1.58. The Morgan fingerprint density at radius 2 is 2.12 bits per heavy atom. The Morgan fingerprint density at radius 1 is 1.38 bits per heavy atom. The van der Waals surface area contributed by atoms with Gasteiger partial charge in [-0.3, -0.25) is 0 Å². The second-order valence-electron chi connectivity index (χ2n) is 4.15. The predicted octanol–water partition coefficient (Wildman–Crippen LogP) is 1.32. The highest BCUT2D eigenvalue weighted by atomic mass is 16.7. The summed E-state index contributed by atoms with van der Waals surface area (Å²) in [6.45, 7) is 3.58. The van der Waals surface area contributed by atoms with Crippen molar-refractivity contribution in [2.75, 3.05) is 13.1 Å². The zero-order valence-electron chi connectivity index (χ0n) is 9.56. The number of nitrogens with zero attached hydrogens (tertiary/aromatic N) is 2. The second-order valence-corrected chi connectivity index (χ2v) is 4.15. The van der Waals surface area contributed by atoms with Gasteiger partial charge in [-0.05, 0) is 32.3 Å². The van der Waals surface area contributed by atoms with Gasteiger partial charge < -0.3 is 4.90 Å². The van der Waals surface area contributed by atoms with Crippen molar-refractivity contribution < 1.29 is 14.4 Å². The molecule has 0 aliphatic carbocycles. The van der Waals surface area contributed by atoms with Crippen LogP contribution in [0.5, 0.6) is 0 Å². The number of aromatic nitrogens is 1. The number of aryl methyl sites for hydroxylation is 1. The van der Waals surface area contributed by atoms with Gasteiger partial charge in [0.15, 0.2) is 0 Å². The molecule has 0 radical (unpaired) electrons. The lowest BCUT2D eigenvalue weighted by molar-refractivity contribution is -0.869. The predicted molar refractivity (Wildman–Crippen MR) is 58.8 cm³/mol. The van der Waals surface area contributed by atoms with Crippen molar-refractivity contribution >= 4 is 6.09 Å². The SMILES string of the molecule is Cc1ccc[n+](OC(=O)N2CCCCC2)c1. The number of pyridine rings is 1. The first-order valence-electron chi connectivity index (χ1n) is 5.71. The van der Waals surface area contributed by atoms with Crippen molar-refractivity contribution in [1.29, 1.82) is 0 Å². The van der Waals surface area contributed by atoms with Crippen molar-refractivity contribution in [2.45, 2.75) is 26.2 Å². The maximum absolute atomic E-state index is 11.8. The Balaban J connectivity index is 1.96. The fourth-order valence-electron chi connectivity index (χ4n) is 1.85. The molecule has 0 bridgehead atoms. The van der Waals surface area contributed by atoms with Crippen LogP contribution in [-0.4, -0.2) is 24.1 Å². The second kappa shape index (κ2) is 4.96. The number of hydrogen-bond donors (Lipinski definition) is 0. The molecule has 2 heterocycles. The molecule has 0 N–H and O–H groups in total. The standard InChI is InChI=1S/C12H17N2O2/c1-11-6-5-9-14(10-11)16-12(15)13-7-3-2-4-8-13/h5-6,9-10H,2-4,7-8H2,1H3/q+1. The lowest BCUT2D eigenvalue weighted by Gasteiger charge is -2.23. The summed E-state index contributed by atoms with van der Waals surface area (Å²) >= 11 is 0. The van der Waals surface area contributed by atoms with Crippen LogP contribution in [0.3, 0.4) is 0 Å². The number of piperidine rings is 1. The fourth-order valence-corrected chi connectivity index (χ4v) is 1.85. The van der Waals surface area contributed by atoms with Gasteiger partial charge in [0.1, 0.15) is 0 Å². The average Bonchev–Trinajstić information content (AvgIpc) is 2.30. The first-order valence-corrected chi connectivity index (χ1v) is 5.71. The maximum Gasteiger partial charge on any atom is 0.478 e. The highest BCUT2D eigenvalue weighted by Crippen LogP contribution is 2.08. The Bertz CT molecular complexity index is 373. The van der Waals surface area contributed by atoms with E-state index in [1.165, 1.54) is 11.2 Å². The van der Waals surface area contributed by atoms with Gasteiger partial charge in [0.25, 0.3) is 0 Å². The van der Waals surface area contributed by atoms with E-state index in [1.807, 2.05) is 19.1 Å². The quantitative estimate of drug-likeness (QED) is 0.670. The Labute approximate surface area is 95.4 Å². The molecule has 86 valence electrons. The van der Waals surface area contributed by atoms with Crippen LogP contribution >= 0.6 is 0 Å². The van der Waals surface area contributed by atoms with E-state index in [1.54, 1.807) is 17.3 Å². The molecular formula is C12H17N2O2+. The van der Waals surface area contributed by atoms with Gasteiger partial charge in [0.05, 0.1) is 0 Å². The molecule has 4 heteroatoms. The zero-order chi connectivity index (χ0) is 11.4. The van der Waals surface area contributed by atoms with Gasteiger partial charge >= 0.3 is 6.09 Å². The van der Waals surface area contributed by atoms with Crippen LogP contribution in [-0.2, 0) is 0 Å². The van der Waals surface area contributed by atoms with E-state index in [0.717, 1.165) is 31.5 Å². The van der Waals surface area contributed by atoms with Crippen molar-refractivity contribution in [3.05, 3.63) is 30.1 Å². The molecule has 1 amide bonds. The number of amides is 1.